The van der Waals surface area contributed by atoms with Gasteiger partial charge in [0.25, 0.3) is 0 Å². The van der Waals surface area contributed by atoms with Crippen LogP contribution in [0.25, 0.3) is 0 Å². The van der Waals surface area contributed by atoms with Crippen molar-refractivity contribution in [2.24, 2.45) is 0 Å². The Morgan fingerprint density at radius 3 is 2.11 bits per heavy atom. The maximum Gasteiger partial charge on any atom is 0.163 e. The van der Waals surface area contributed by atoms with E-state index in [-0.39, 0.29) is 38.6 Å². The Labute approximate surface area is 115 Å². The molecule has 1 aromatic rings. The van der Waals surface area contributed by atoms with Crippen LogP contribution in [0, 0.1) is 0 Å². The van der Waals surface area contributed by atoms with E-state index in [2.05, 4.69) is 0 Å². The Morgan fingerprint density at radius 1 is 1.22 bits per heavy atom. The number of benzene rings is 1. The maximum atomic E-state index is 10.8. The van der Waals surface area contributed by atoms with E-state index in [1.54, 1.807) is 0 Å². The van der Waals surface area contributed by atoms with Gasteiger partial charge in [0, 0.05) is 12.0 Å². The Hall–Kier alpha value is -1.13. The summed E-state index contributed by atoms with van der Waals surface area (Å²) in [7, 11) is 1.33. The number of halogens is 2. The Bertz CT molecular complexity index is 443. The molecule has 100 valence electrons. The summed E-state index contributed by atoms with van der Waals surface area (Å²) in [5.41, 5.74) is 0.229. The van der Waals surface area contributed by atoms with Crippen molar-refractivity contribution in [3.8, 4) is 17.2 Å². The lowest BCUT2D eigenvalue weighted by Crippen LogP contribution is -1.96. The molecule has 0 radical (unpaired) electrons. The predicted molar refractivity (Wildman–Crippen MR) is 70.0 cm³/mol. The molecule has 4 nitrogen and oxygen atoms in total. The van der Waals surface area contributed by atoms with Crippen LogP contribution >= 0.6 is 23.2 Å². The molecule has 1 rings (SSSR count). The predicted octanol–water partition coefficient (Wildman–Crippen LogP) is 3.32. The first kappa shape index (κ1) is 14.9. The molecule has 1 aromatic carbocycles. The fourth-order valence-corrected chi connectivity index (χ4v) is 2.24. The zero-order valence-corrected chi connectivity index (χ0v) is 11.6. The maximum absolute atomic E-state index is 10.8. The standard InChI is InChI=1S/C12H14Cl2O4/c1-6(15)4-3-5-7-10(16)8(13)12(18-2)9(14)11(7)17/h16-17H,3-5H2,1-2H3. The lowest BCUT2D eigenvalue weighted by atomic mass is 10.0. The van der Waals surface area contributed by atoms with Crippen LogP contribution in [0.15, 0.2) is 0 Å². The van der Waals surface area contributed by atoms with E-state index in [1.165, 1.54) is 14.0 Å². The number of phenolic OH excluding ortho intramolecular Hbond substituents is 2. The third kappa shape index (κ3) is 3.00. The highest BCUT2D eigenvalue weighted by molar-refractivity contribution is 6.39. The van der Waals surface area contributed by atoms with Crippen molar-refractivity contribution in [3.63, 3.8) is 0 Å². The molecule has 6 heteroatoms. The highest BCUT2D eigenvalue weighted by Gasteiger charge is 2.22. The van der Waals surface area contributed by atoms with Gasteiger partial charge in [-0.05, 0) is 19.8 Å². The number of hydrogen-bond donors (Lipinski definition) is 2. The second kappa shape index (κ2) is 6.16. The van der Waals surface area contributed by atoms with Crippen molar-refractivity contribution in [1.29, 1.82) is 0 Å². The van der Waals surface area contributed by atoms with E-state index in [0.717, 1.165) is 0 Å². The van der Waals surface area contributed by atoms with Gasteiger partial charge in [-0.3, -0.25) is 0 Å². The van der Waals surface area contributed by atoms with Gasteiger partial charge in [0.2, 0.25) is 0 Å². The summed E-state index contributed by atoms with van der Waals surface area (Å²) >= 11 is 11.8. The van der Waals surface area contributed by atoms with Crippen LogP contribution in [0.5, 0.6) is 17.2 Å². The van der Waals surface area contributed by atoms with Gasteiger partial charge in [-0.15, -0.1) is 0 Å². The number of carbonyl (C=O) groups excluding carboxylic acids is 1. The average molecular weight is 293 g/mol. The van der Waals surface area contributed by atoms with E-state index in [4.69, 9.17) is 27.9 Å². The van der Waals surface area contributed by atoms with Crippen molar-refractivity contribution in [2.75, 3.05) is 7.11 Å². The summed E-state index contributed by atoms with van der Waals surface area (Å²) in [6.07, 6.45) is 1.16. The fourth-order valence-electron chi connectivity index (χ4n) is 1.62. The van der Waals surface area contributed by atoms with E-state index >= 15 is 0 Å². The molecule has 2 N–H and O–H groups in total. The van der Waals surface area contributed by atoms with Crippen LogP contribution in [0.2, 0.25) is 10.0 Å². The molecule has 0 aliphatic heterocycles. The number of methoxy groups -OCH3 is 1. The van der Waals surface area contributed by atoms with Crippen molar-refractivity contribution >= 4 is 29.0 Å². The van der Waals surface area contributed by atoms with Gasteiger partial charge in [0.1, 0.15) is 27.3 Å². The van der Waals surface area contributed by atoms with Crippen LogP contribution in [0.3, 0.4) is 0 Å². The number of rotatable bonds is 5. The second-order valence-corrected chi connectivity index (χ2v) is 4.65. The lowest BCUT2D eigenvalue weighted by Gasteiger charge is -2.14. The first-order valence-electron chi connectivity index (χ1n) is 5.35. The van der Waals surface area contributed by atoms with Crippen LogP contribution in [-0.4, -0.2) is 23.1 Å². The van der Waals surface area contributed by atoms with Crippen LogP contribution in [-0.2, 0) is 11.2 Å². The van der Waals surface area contributed by atoms with Crippen molar-refractivity contribution < 1.29 is 19.7 Å². The molecule has 0 aliphatic rings. The van der Waals surface area contributed by atoms with Gasteiger partial charge in [-0.25, -0.2) is 0 Å². The molecule has 0 aromatic heterocycles. The number of carbonyl (C=O) groups is 1. The van der Waals surface area contributed by atoms with Crippen molar-refractivity contribution in [3.05, 3.63) is 15.6 Å². The zero-order valence-electron chi connectivity index (χ0n) is 10.1. The SMILES string of the molecule is COc1c(Cl)c(O)c(CCCC(C)=O)c(O)c1Cl. The summed E-state index contributed by atoms with van der Waals surface area (Å²) in [5.74, 6) is -0.457. The van der Waals surface area contributed by atoms with Crippen LogP contribution < -0.4 is 4.74 Å². The van der Waals surface area contributed by atoms with Crippen molar-refractivity contribution in [2.45, 2.75) is 26.2 Å². The fraction of sp³-hybridized carbons (Fsp3) is 0.417. The summed E-state index contributed by atoms with van der Waals surface area (Å²) in [6, 6.07) is 0. The Morgan fingerprint density at radius 2 is 1.72 bits per heavy atom. The molecule has 18 heavy (non-hydrogen) atoms. The Kier molecular flexibility index (Phi) is 5.11. The molecule has 0 bridgehead atoms. The minimum atomic E-state index is -0.265. The van der Waals surface area contributed by atoms with Gasteiger partial charge in [0.05, 0.1) is 7.11 Å². The number of aromatic hydroxyl groups is 2. The van der Waals surface area contributed by atoms with Crippen LogP contribution in [0.1, 0.15) is 25.3 Å². The molecule has 0 atom stereocenters. The smallest absolute Gasteiger partial charge is 0.163 e. The molecule has 0 saturated carbocycles. The molecule has 0 spiro atoms. The highest BCUT2D eigenvalue weighted by atomic mass is 35.5. The zero-order chi connectivity index (χ0) is 13.9. The summed E-state index contributed by atoms with van der Waals surface area (Å²) in [5, 5.41) is 19.6. The van der Waals surface area contributed by atoms with E-state index in [0.29, 0.717) is 19.3 Å². The topological polar surface area (TPSA) is 66.8 Å². The third-order valence-electron chi connectivity index (χ3n) is 2.55. The van der Waals surface area contributed by atoms with E-state index < -0.39 is 0 Å². The minimum absolute atomic E-state index is 0.0312. The first-order valence-corrected chi connectivity index (χ1v) is 6.10. The molecule has 0 heterocycles. The largest absolute Gasteiger partial charge is 0.506 e. The Balaban J connectivity index is 3.09. The minimum Gasteiger partial charge on any atom is -0.506 e. The summed E-state index contributed by atoms with van der Waals surface area (Å²) in [4.78, 5) is 10.8. The van der Waals surface area contributed by atoms with Gasteiger partial charge >= 0.3 is 0 Å². The third-order valence-corrected chi connectivity index (χ3v) is 3.25. The van der Waals surface area contributed by atoms with Gasteiger partial charge in [-0.2, -0.15) is 0 Å². The van der Waals surface area contributed by atoms with E-state index in [1.807, 2.05) is 0 Å². The van der Waals surface area contributed by atoms with Gasteiger partial charge in [0.15, 0.2) is 5.75 Å². The van der Waals surface area contributed by atoms with Crippen molar-refractivity contribution in [1.82, 2.24) is 0 Å². The molecular formula is C12H14Cl2O4. The van der Waals surface area contributed by atoms with Gasteiger partial charge < -0.3 is 19.7 Å². The summed E-state index contributed by atoms with van der Waals surface area (Å²) < 4.78 is 4.90. The van der Waals surface area contributed by atoms with E-state index in [9.17, 15) is 15.0 Å². The highest BCUT2D eigenvalue weighted by Crippen LogP contribution is 2.48. The molecule has 0 fully saturated rings. The lowest BCUT2D eigenvalue weighted by molar-refractivity contribution is -0.117. The second-order valence-electron chi connectivity index (χ2n) is 3.89. The molecular weight excluding hydrogens is 279 g/mol. The molecule has 0 amide bonds. The molecule has 0 aliphatic carbocycles. The number of Topliss-reactive ketones (excluding diaryl/α,β-unsaturated/α-hetero) is 1. The first-order chi connectivity index (χ1) is 8.40. The average Bonchev–Trinajstić information content (AvgIpc) is 2.31. The number of phenols is 2. The number of hydrogen-bond acceptors (Lipinski definition) is 4. The quantitative estimate of drug-likeness (QED) is 0.874. The molecule has 0 saturated heterocycles. The van der Waals surface area contributed by atoms with Gasteiger partial charge in [-0.1, -0.05) is 23.2 Å². The summed E-state index contributed by atoms with van der Waals surface area (Å²) in [6.45, 7) is 1.48. The number of ether oxygens (including phenoxy) is 1. The number of ketones is 1. The normalized spacial score (nSPS) is 10.4. The van der Waals surface area contributed by atoms with Crippen LogP contribution in [0.4, 0.5) is 0 Å². The molecule has 0 unspecified atom stereocenters. The monoisotopic (exact) mass is 292 g/mol.